The number of hydrogen-bond donors (Lipinski definition) is 3. The van der Waals surface area contributed by atoms with Gasteiger partial charge in [-0.1, -0.05) is 24.9 Å². The second kappa shape index (κ2) is 7.24. The topological polar surface area (TPSA) is 75.3 Å². The predicted molar refractivity (Wildman–Crippen MR) is 73.7 cm³/mol. The highest BCUT2D eigenvalue weighted by Gasteiger charge is 2.12. The van der Waals surface area contributed by atoms with Crippen molar-refractivity contribution in [3.05, 3.63) is 28.8 Å². The van der Waals surface area contributed by atoms with E-state index in [1.807, 2.05) is 6.92 Å². The molecule has 0 radical (unpaired) electrons. The van der Waals surface area contributed by atoms with Crippen molar-refractivity contribution in [2.75, 3.05) is 18.9 Å². The number of aliphatic hydroxyl groups is 1. The van der Waals surface area contributed by atoms with Gasteiger partial charge in [0.05, 0.1) is 5.56 Å². The molecule has 18 heavy (non-hydrogen) atoms. The minimum Gasteiger partial charge on any atom is -0.398 e. The Morgan fingerprint density at radius 2 is 2.28 bits per heavy atom. The van der Waals surface area contributed by atoms with Crippen LogP contribution in [0, 0.1) is 5.92 Å². The van der Waals surface area contributed by atoms with Gasteiger partial charge in [0.2, 0.25) is 0 Å². The van der Waals surface area contributed by atoms with Crippen molar-refractivity contribution in [3.63, 3.8) is 0 Å². The van der Waals surface area contributed by atoms with E-state index in [2.05, 4.69) is 5.32 Å². The van der Waals surface area contributed by atoms with Gasteiger partial charge in [0.15, 0.2) is 0 Å². The number of aliphatic hydroxyl groups excluding tert-OH is 1. The van der Waals surface area contributed by atoms with Crippen LogP contribution < -0.4 is 11.1 Å². The number of carbonyl (C=O) groups excluding carboxylic acids is 1. The van der Waals surface area contributed by atoms with E-state index in [9.17, 15) is 4.79 Å². The second-order valence-electron chi connectivity index (χ2n) is 4.23. The van der Waals surface area contributed by atoms with Crippen LogP contribution in [0.4, 0.5) is 5.69 Å². The molecule has 0 saturated carbocycles. The van der Waals surface area contributed by atoms with E-state index in [4.69, 9.17) is 22.4 Å². The molecular weight excluding hydrogens is 252 g/mol. The van der Waals surface area contributed by atoms with Crippen LogP contribution in [0.5, 0.6) is 0 Å². The second-order valence-corrected chi connectivity index (χ2v) is 4.66. The summed E-state index contributed by atoms with van der Waals surface area (Å²) >= 11 is 5.77. The fourth-order valence-electron chi connectivity index (χ4n) is 1.71. The molecule has 0 heterocycles. The summed E-state index contributed by atoms with van der Waals surface area (Å²) in [4.78, 5) is 11.9. The molecule has 1 unspecified atom stereocenters. The molecule has 5 heteroatoms. The number of halogens is 1. The first-order valence-corrected chi connectivity index (χ1v) is 6.40. The summed E-state index contributed by atoms with van der Waals surface area (Å²) in [5.74, 6) is 0.0769. The lowest BCUT2D eigenvalue weighted by Crippen LogP contribution is -2.30. The molecule has 0 aliphatic carbocycles. The van der Waals surface area contributed by atoms with E-state index in [1.54, 1.807) is 18.2 Å². The number of amides is 1. The van der Waals surface area contributed by atoms with Gasteiger partial charge in [-0.2, -0.15) is 0 Å². The highest BCUT2D eigenvalue weighted by molar-refractivity contribution is 6.31. The van der Waals surface area contributed by atoms with Gasteiger partial charge < -0.3 is 16.2 Å². The van der Waals surface area contributed by atoms with Crippen LogP contribution in [0.1, 0.15) is 30.1 Å². The molecule has 0 spiro atoms. The number of carbonyl (C=O) groups is 1. The minimum absolute atomic E-state index is 0.136. The molecule has 0 aliphatic rings. The van der Waals surface area contributed by atoms with Crippen LogP contribution in [0.25, 0.3) is 0 Å². The summed E-state index contributed by atoms with van der Waals surface area (Å²) in [5.41, 5.74) is 6.53. The number of benzene rings is 1. The third-order valence-corrected chi connectivity index (χ3v) is 3.16. The fourth-order valence-corrected chi connectivity index (χ4v) is 1.89. The Hall–Kier alpha value is -1.26. The molecule has 0 fully saturated rings. The van der Waals surface area contributed by atoms with Gasteiger partial charge in [0.25, 0.3) is 5.91 Å². The van der Waals surface area contributed by atoms with Gasteiger partial charge in [-0.25, -0.2) is 0 Å². The van der Waals surface area contributed by atoms with Gasteiger partial charge in [0, 0.05) is 23.9 Å². The van der Waals surface area contributed by atoms with Crippen LogP contribution in [-0.2, 0) is 0 Å². The first-order chi connectivity index (χ1) is 8.58. The van der Waals surface area contributed by atoms with Gasteiger partial charge in [0.1, 0.15) is 0 Å². The van der Waals surface area contributed by atoms with Gasteiger partial charge in [-0.05, 0) is 30.5 Å². The molecule has 0 aliphatic heterocycles. The number of nitrogens with one attached hydrogen (secondary N) is 1. The maximum atomic E-state index is 11.9. The molecule has 0 bridgehead atoms. The zero-order chi connectivity index (χ0) is 13.5. The van der Waals surface area contributed by atoms with Crippen molar-refractivity contribution in [2.45, 2.75) is 19.8 Å². The molecule has 0 saturated heterocycles. The molecule has 1 aromatic rings. The molecular formula is C13H19ClN2O2. The number of nitrogen functional groups attached to an aromatic ring is 1. The van der Waals surface area contributed by atoms with Crippen molar-refractivity contribution in [1.82, 2.24) is 5.32 Å². The molecule has 4 N–H and O–H groups in total. The van der Waals surface area contributed by atoms with Crippen LogP contribution in [0.2, 0.25) is 5.02 Å². The van der Waals surface area contributed by atoms with Crippen molar-refractivity contribution in [3.8, 4) is 0 Å². The van der Waals surface area contributed by atoms with Crippen LogP contribution >= 0.6 is 11.6 Å². The van der Waals surface area contributed by atoms with E-state index >= 15 is 0 Å². The highest BCUT2D eigenvalue weighted by Crippen LogP contribution is 2.18. The third-order valence-electron chi connectivity index (χ3n) is 2.92. The lowest BCUT2D eigenvalue weighted by Gasteiger charge is -2.15. The number of nitrogens with two attached hydrogens (primary N) is 1. The first kappa shape index (κ1) is 14.8. The predicted octanol–water partition coefficient (Wildman–Crippen LogP) is 2.06. The van der Waals surface area contributed by atoms with E-state index in [1.165, 1.54) is 0 Å². The van der Waals surface area contributed by atoms with E-state index in [-0.39, 0.29) is 18.4 Å². The molecule has 4 nitrogen and oxygen atoms in total. The van der Waals surface area contributed by atoms with Crippen molar-refractivity contribution in [1.29, 1.82) is 0 Å². The molecule has 1 amide bonds. The first-order valence-electron chi connectivity index (χ1n) is 6.02. The van der Waals surface area contributed by atoms with Gasteiger partial charge in [-0.3, -0.25) is 4.79 Å². The van der Waals surface area contributed by atoms with E-state index in [0.29, 0.717) is 29.2 Å². The van der Waals surface area contributed by atoms with E-state index < -0.39 is 0 Å². The van der Waals surface area contributed by atoms with Gasteiger partial charge >= 0.3 is 0 Å². The van der Waals surface area contributed by atoms with Crippen LogP contribution in [-0.4, -0.2) is 24.2 Å². The highest BCUT2D eigenvalue weighted by atomic mass is 35.5. The number of rotatable bonds is 6. The average molecular weight is 271 g/mol. The Labute approximate surface area is 112 Å². The maximum Gasteiger partial charge on any atom is 0.253 e. The van der Waals surface area contributed by atoms with Crippen LogP contribution in [0.3, 0.4) is 0 Å². The summed E-state index contributed by atoms with van der Waals surface area (Å²) in [5, 5.41) is 12.2. The Morgan fingerprint density at radius 1 is 1.56 bits per heavy atom. The normalized spacial score (nSPS) is 12.2. The molecule has 1 rings (SSSR count). The summed E-state index contributed by atoms with van der Waals surface area (Å²) < 4.78 is 0. The Kier molecular flexibility index (Phi) is 5.95. The molecule has 0 aromatic heterocycles. The standard InChI is InChI=1S/C13H19ClN2O2/c1-2-9(5-6-17)8-16-13(18)11-4-3-10(14)7-12(11)15/h3-4,7,9,17H,2,5-6,8,15H2,1H3,(H,16,18). The fraction of sp³-hybridized carbons (Fsp3) is 0.462. The van der Waals surface area contributed by atoms with Crippen molar-refractivity contribution in [2.24, 2.45) is 5.92 Å². The Balaban J connectivity index is 2.59. The summed E-state index contributed by atoms with van der Waals surface area (Å²) in [7, 11) is 0. The van der Waals surface area contributed by atoms with Crippen LogP contribution in [0.15, 0.2) is 18.2 Å². The SMILES string of the molecule is CCC(CCO)CNC(=O)c1ccc(Cl)cc1N. The number of hydrogen-bond acceptors (Lipinski definition) is 3. The zero-order valence-electron chi connectivity index (χ0n) is 10.4. The monoisotopic (exact) mass is 270 g/mol. The van der Waals surface area contributed by atoms with Crippen molar-refractivity contribution < 1.29 is 9.90 Å². The average Bonchev–Trinajstić information content (AvgIpc) is 2.34. The Morgan fingerprint density at radius 3 is 2.83 bits per heavy atom. The summed E-state index contributed by atoms with van der Waals surface area (Å²) in [6.45, 7) is 2.71. The molecule has 1 aromatic carbocycles. The molecule has 1 atom stereocenters. The minimum atomic E-state index is -0.208. The Bertz CT molecular complexity index is 410. The number of anilines is 1. The summed E-state index contributed by atoms with van der Waals surface area (Å²) in [6.07, 6.45) is 1.60. The third kappa shape index (κ3) is 4.20. The van der Waals surface area contributed by atoms with E-state index in [0.717, 1.165) is 6.42 Å². The van der Waals surface area contributed by atoms with Crippen molar-refractivity contribution >= 4 is 23.2 Å². The maximum absolute atomic E-state index is 11.9. The molecule has 100 valence electrons. The lowest BCUT2D eigenvalue weighted by molar-refractivity contribution is 0.0944. The smallest absolute Gasteiger partial charge is 0.253 e. The largest absolute Gasteiger partial charge is 0.398 e. The lowest BCUT2D eigenvalue weighted by atomic mass is 10.0. The quantitative estimate of drug-likeness (QED) is 0.693. The van der Waals surface area contributed by atoms with Gasteiger partial charge in [-0.15, -0.1) is 0 Å². The summed E-state index contributed by atoms with van der Waals surface area (Å²) in [6, 6.07) is 4.80. The zero-order valence-corrected chi connectivity index (χ0v) is 11.2.